The van der Waals surface area contributed by atoms with Gasteiger partial charge in [-0.15, -0.1) is 0 Å². The average Bonchev–Trinajstić information content (AvgIpc) is 2.39. The molecule has 0 bridgehead atoms. The molecule has 1 aromatic carbocycles. The smallest absolute Gasteiger partial charge is 0.305 e. The van der Waals surface area contributed by atoms with Gasteiger partial charge in [0.25, 0.3) is 0 Å². The summed E-state index contributed by atoms with van der Waals surface area (Å²) in [5, 5.41) is 0. The maximum absolute atomic E-state index is 13.3. The summed E-state index contributed by atoms with van der Waals surface area (Å²) < 4.78 is 18.1. The Bertz CT molecular complexity index is 429. The summed E-state index contributed by atoms with van der Waals surface area (Å²) >= 11 is 0. The van der Waals surface area contributed by atoms with E-state index in [1.807, 2.05) is 0 Å². The lowest BCUT2D eigenvalue weighted by molar-refractivity contribution is -0.143. The number of hydrogen-bond donors (Lipinski definition) is 0. The number of carbonyl (C=O) groups excluding carboxylic acids is 2. The van der Waals surface area contributed by atoms with Gasteiger partial charge in [0.2, 0.25) is 0 Å². The lowest BCUT2D eigenvalue weighted by Crippen LogP contribution is -2.04. The maximum atomic E-state index is 13.3. The zero-order valence-corrected chi connectivity index (χ0v) is 11.2. The number of ether oxygens (including phenoxy) is 1. The summed E-state index contributed by atoms with van der Waals surface area (Å²) in [6, 6.07) is 5.99. The molecule has 0 spiro atoms. The molecule has 1 rings (SSSR count). The van der Waals surface area contributed by atoms with E-state index in [1.165, 1.54) is 12.1 Å². The molecule has 0 fully saturated rings. The molecule has 0 saturated carbocycles. The van der Waals surface area contributed by atoms with Crippen LogP contribution in [0.25, 0.3) is 0 Å². The van der Waals surface area contributed by atoms with Crippen LogP contribution in [-0.4, -0.2) is 18.4 Å². The molecule has 0 unspecified atom stereocenters. The van der Waals surface area contributed by atoms with Gasteiger partial charge in [0.05, 0.1) is 12.2 Å². The average molecular weight is 266 g/mol. The highest BCUT2D eigenvalue weighted by Gasteiger charge is 2.10. The van der Waals surface area contributed by atoms with E-state index in [0.29, 0.717) is 32.3 Å². The quantitative estimate of drug-likeness (QED) is 0.411. The molecule has 0 aromatic heterocycles. The summed E-state index contributed by atoms with van der Waals surface area (Å²) in [5.41, 5.74) is 0.146. The SMILES string of the molecule is CCOC(=O)CCCCCC(=O)c1ccccc1F. The van der Waals surface area contributed by atoms with E-state index in [9.17, 15) is 14.0 Å². The van der Waals surface area contributed by atoms with Crippen molar-refractivity contribution in [2.24, 2.45) is 0 Å². The summed E-state index contributed by atoms with van der Waals surface area (Å²) in [5.74, 6) is -0.865. The predicted octanol–water partition coefficient (Wildman–Crippen LogP) is 3.52. The molecule has 0 N–H and O–H groups in total. The molecular weight excluding hydrogens is 247 g/mol. The van der Waals surface area contributed by atoms with Gasteiger partial charge in [-0.1, -0.05) is 18.6 Å². The Morgan fingerprint density at radius 2 is 1.79 bits per heavy atom. The third-order valence-corrected chi connectivity index (χ3v) is 2.76. The molecule has 0 radical (unpaired) electrons. The van der Waals surface area contributed by atoms with Crippen molar-refractivity contribution in [1.29, 1.82) is 0 Å². The van der Waals surface area contributed by atoms with Gasteiger partial charge >= 0.3 is 5.97 Å². The van der Waals surface area contributed by atoms with Gasteiger partial charge in [0.1, 0.15) is 5.82 Å². The van der Waals surface area contributed by atoms with E-state index in [4.69, 9.17) is 4.74 Å². The van der Waals surface area contributed by atoms with Crippen LogP contribution in [0.2, 0.25) is 0 Å². The second-order valence-electron chi connectivity index (χ2n) is 4.27. The fraction of sp³-hybridized carbons (Fsp3) is 0.467. The summed E-state index contributed by atoms with van der Waals surface area (Å²) in [6.07, 6.45) is 2.81. The Balaban J connectivity index is 2.21. The zero-order chi connectivity index (χ0) is 14.1. The van der Waals surface area contributed by atoms with Gasteiger partial charge in [-0.2, -0.15) is 0 Å². The number of rotatable bonds is 8. The van der Waals surface area contributed by atoms with Crippen LogP contribution in [0.15, 0.2) is 24.3 Å². The van der Waals surface area contributed by atoms with Crippen LogP contribution in [-0.2, 0) is 9.53 Å². The number of halogens is 1. The van der Waals surface area contributed by atoms with Crippen molar-refractivity contribution >= 4 is 11.8 Å². The topological polar surface area (TPSA) is 43.4 Å². The Morgan fingerprint density at radius 1 is 1.11 bits per heavy atom. The molecule has 1 aromatic rings. The molecule has 4 heteroatoms. The Hall–Kier alpha value is -1.71. The Morgan fingerprint density at radius 3 is 2.47 bits per heavy atom. The first kappa shape index (κ1) is 15.3. The lowest BCUT2D eigenvalue weighted by Gasteiger charge is -2.03. The lowest BCUT2D eigenvalue weighted by atomic mass is 10.0. The molecule has 0 amide bonds. The third-order valence-electron chi connectivity index (χ3n) is 2.76. The van der Waals surface area contributed by atoms with Crippen LogP contribution >= 0.6 is 0 Å². The number of Topliss-reactive ketones (excluding diaryl/α,β-unsaturated/α-hetero) is 1. The number of carbonyl (C=O) groups is 2. The highest BCUT2D eigenvalue weighted by atomic mass is 19.1. The van der Waals surface area contributed by atoms with Gasteiger partial charge in [0.15, 0.2) is 5.78 Å². The van der Waals surface area contributed by atoms with E-state index >= 15 is 0 Å². The van der Waals surface area contributed by atoms with E-state index in [-0.39, 0.29) is 17.3 Å². The molecule has 19 heavy (non-hydrogen) atoms. The first-order valence-corrected chi connectivity index (χ1v) is 6.58. The Kier molecular flexibility index (Phi) is 6.79. The first-order chi connectivity index (χ1) is 9.15. The second-order valence-corrected chi connectivity index (χ2v) is 4.27. The van der Waals surface area contributed by atoms with Gasteiger partial charge < -0.3 is 4.74 Å². The van der Waals surface area contributed by atoms with Gasteiger partial charge in [-0.3, -0.25) is 9.59 Å². The van der Waals surface area contributed by atoms with Crippen molar-refractivity contribution in [2.75, 3.05) is 6.61 Å². The minimum Gasteiger partial charge on any atom is -0.466 e. The predicted molar refractivity (Wildman–Crippen MR) is 70.4 cm³/mol. The molecular formula is C15H19FO3. The van der Waals surface area contributed by atoms with Crippen LogP contribution in [0.4, 0.5) is 4.39 Å². The highest BCUT2D eigenvalue weighted by Crippen LogP contribution is 2.12. The molecule has 0 heterocycles. The third kappa shape index (κ3) is 5.64. The monoisotopic (exact) mass is 266 g/mol. The highest BCUT2D eigenvalue weighted by molar-refractivity contribution is 5.96. The van der Waals surface area contributed by atoms with E-state index in [0.717, 1.165) is 6.42 Å². The molecule has 0 saturated heterocycles. The van der Waals surface area contributed by atoms with Crippen molar-refractivity contribution in [3.05, 3.63) is 35.6 Å². The number of esters is 1. The van der Waals surface area contributed by atoms with Crippen LogP contribution in [0, 0.1) is 5.82 Å². The standard InChI is InChI=1S/C15H19FO3/c1-2-19-15(18)11-5-3-4-10-14(17)12-8-6-7-9-13(12)16/h6-9H,2-5,10-11H2,1H3. The van der Waals surface area contributed by atoms with E-state index in [1.54, 1.807) is 19.1 Å². The summed E-state index contributed by atoms with van der Waals surface area (Å²) in [6.45, 7) is 2.16. The van der Waals surface area contributed by atoms with Crippen molar-refractivity contribution in [3.63, 3.8) is 0 Å². The van der Waals surface area contributed by atoms with E-state index < -0.39 is 5.82 Å². The number of hydrogen-bond acceptors (Lipinski definition) is 3. The molecule has 0 atom stereocenters. The second kappa shape index (κ2) is 8.40. The minimum atomic E-state index is -0.473. The van der Waals surface area contributed by atoms with Crippen molar-refractivity contribution < 1.29 is 18.7 Å². The Labute approximate surface area is 112 Å². The van der Waals surface area contributed by atoms with Gasteiger partial charge in [-0.25, -0.2) is 4.39 Å². The summed E-state index contributed by atoms with van der Waals surface area (Å²) in [4.78, 5) is 22.8. The zero-order valence-electron chi connectivity index (χ0n) is 11.2. The molecule has 0 aliphatic heterocycles. The molecule has 104 valence electrons. The van der Waals surface area contributed by atoms with E-state index in [2.05, 4.69) is 0 Å². The fourth-order valence-electron chi connectivity index (χ4n) is 1.79. The molecule has 0 aliphatic carbocycles. The fourth-order valence-corrected chi connectivity index (χ4v) is 1.79. The number of unbranched alkanes of at least 4 members (excludes halogenated alkanes) is 2. The van der Waals surface area contributed by atoms with Gasteiger partial charge in [0, 0.05) is 12.8 Å². The molecule has 3 nitrogen and oxygen atoms in total. The first-order valence-electron chi connectivity index (χ1n) is 6.58. The van der Waals surface area contributed by atoms with Crippen molar-refractivity contribution in [1.82, 2.24) is 0 Å². The van der Waals surface area contributed by atoms with Gasteiger partial charge in [-0.05, 0) is 31.9 Å². The van der Waals surface area contributed by atoms with Crippen molar-refractivity contribution in [2.45, 2.75) is 39.0 Å². The number of ketones is 1. The molecule has 0 aliphatic rings. The van der Waals surface area contributed by atoms with Crippen LogP contribution < -0.4 is 0 Å². The van der Waals surface area contributed by atoms with Crippen LogP contribution in [0.3, 0.4) is 0 Å². The maximum Gasteiger partial charge on any atom is 0.305 e. The minimum absolute atomic E-state index is 0.146. The van der Waals surface area contributed by atoms with Crippen LogP contribution in [0.1, 0.15) is 49.4 Å². The number of benzene rings is 1. The normalized spacial score (nSPS) is 10.2. The van der Waals surface area contributed by atoms with Crippen molar-refractivity contribution in [3.8, 4) is 0 Å². The van der Waals surface area contributed by atoms with Crippen LogP contribution in [0.5, 0.6) is 0 Å². The largest absolute Gasteiger partial charge is 0.466 e. The summed E-state index contributed by atoms with van der Waals surface area (Å²) in [7, 11) is 0.